The highest BCUT2D eigenvalue weighted by Crippen LogP contribution is 1.99. The average Bonchev–Trinajstić information content (AvgIpc) is 2.19. The third-order valence-corrected chi connectivity index (χ3v) is 2.13. The normalized spacial score (nSPS) is 17.5. The molecule has 0 aliphatic carbocycles. The van der Waals surface area contributed by atoms with Crippen LogP contribution in [0.1, 0.15) is 13.3 Å². The van der Waals surface area contributed by atoms with Gasteiger partial charge in [0.25, 0.3) is 0 Å². The lowest BCUT2D eigenvalue weighted by atomic mass is 10.3. The molecule has 0 spiro atoms. The lowest BCUT2D eigenvalue weighted by Gasteiger charge is -2.26. The fraction of sp³-hybridized carbons (Fsp3) is 0.889. The van der Waals surface area contributed by atoms with Gasteiger partial charge < -0.3 is 15.0 Å². The van der Waals surface area contributed by atoms with E-state index in [0.29, 0.717) is 19.6 Å². The second-order valence-corrected chi connectivity index (χ2v) is 3.10. The molecule has 1 amide bonds. The Morgan fingerprint density at radius 3 is 2.77 bits per heavy atom. The Balaban J connectivity index is 2.13. The van der Waals surface area contributed by atoms with Crippen LogP contribution in [0.5, 0.6) is 0 Å². The van der Waals surface area contributed by atoms with Crippen LogP contribution >= 0.6 is 0 Å². The van der Waals surface area contributed by atoms with E-state index in [2.05, 4.69) is 5.32 Å². The van der Waals surface area contributed by atoms with Gasteiger partial charge in [0.1, 0.15) is 0 Å². The van der Waals surface area contributed by atoms with Crippen LogP contribution in [-0.2, 0) is 9.53 Å². The van der Waals surface area contributed by atoms with Crippen LogP contribution in [-0.4, -0.2) is 50.2 Å². The monoisotopic (exact) mass is 186 g/mol. The molecule has 4 nitrogen and oxygen atoms in total. The van der Waals surface area contributed by atoms with Gasteiger partial charge in [-0.2, -0.15) is 0 Å². The van der Waals surface area contributed by atoms with Gasteiger partial charge in [-0.05, 0) is 6.54 Å². The zero-order valence-electron chi connectivity index (χ0n) is 8.21. The van der Waals surface area contributed by atoms with Crippen molar-refractivity contribution in [3.63, 3.8) is 0 Å². The van der Waals surface area contributed by atoms with Crippen LogP contribution < -0.4 is 5.32 Å². The molecule has 76 valence electrons. The summed E-state index contributed by atoms with van der Waals surface area (Å²) in [5.74, 6) is 0.240. The van der Waals surface area contributed by atoms with Gasteiger partial charge in [0.15, 0.2) is 0 Å². The molecule has 1 N–H and O–H groups in total. The van der Waals surface area contributed by atoms with Gasteiger partial charge in [-0.15, -0.1) is 0 Å². The summed E-state index contributed by atoms with van der Waals surface area (Å²) in [5.41, 5.74) is 0. The van der Waals surface area contributed by atoms with E-state index in [9.17, 15) is 4.79 Å². The topological polar surface area (TPSA) is 41.6 Å². The average molecular weight is 186 g/mol. The Bertz CT molecular complexity index is 156. The van der Waals surface area contributed by atoms with Gasteiger partial charge in [0.2, 0.25) is 5.91 Å². The molecule has 1 aliphatic rings. The Labute approximate surface area is 79.2 Å². The van der Waals surface area contributed by atoms with Crippen molar-refractivity contribution < 1.29 is 9.53 Å². The third kappa shape index (κ3) is 3.74. The molecular weight excluding hydrogens is 168 g/mol. The highest BCUT2D eigenvalue weighted by atomic mass is 16.5. The highest BCUT2D eigenvalue weighted by molar-refractivity contribution is 5.76. The Morgan fingerprint density at radius 2 is 2.15 bits per heavy atom. The lowest BCUT2D eigenvalue weighted by Crippen LogP contribution is -2.41. The zero-order valence-corrected chi connectivity index (χ0v) is 8.21. The van der Waals surface area contributed by atoms with Gasteiger partial charge in [-0.1, -0.05) is 6.92 Å². The number of hydrogen-bond acceptors (Lipinski definition) is 3. The van der Waals surface area contributed by atoms with Crippen LogP contribution in [0.3, 0.4) is 0 Å². The van der Waals surface area contributed by atoms with Crippen molar-refractivity contribution >= 4 is 5.91 Å². The summed E-state index contributed by atoms with van der Waals surface area (Å²) in [6, 6.07) is 0. The van der Waals surface area contributed by atoms with Gasteiger partial charge in [0, 0.05) is 26.1 Å². The summed E-state index contributed by atoms with van der Waals surface area (Å²) in [6.07, 6.45) is 0.605. The summed E-state index contributed by atoms with van der Waals surface area (Å²) >= 11 is 0. The minimum Gasteiger partial charge on any atom is -0.378 e. The molecule has 1 heterocycles. The number of carbonyl (C=O) groups excluding carboxylic acids is 1. The van der Waals surface area contributed by atoms with Gasteiger partial charge in [-0.25, -0.2) is 0 Å². The zero-order chi connectivity index (χ0) is 9.52. The summed E-state index contributed by atoms with van der Waals surface area (Å²) in [7, 11) is 0. The molecule has 0 saturated carbocycles. The van der Waals surface area contributed by atoms with E-state index in [-0.39, 0.29) is 5.91 Å². The number of ether oxygens (including phenoxy) is 1. The van der Waals surface area contributed by atoms with Crippen LogP contribution in [0.4, 0.5) is 0 Å². The first kappa shape index (κ1) is 10.5. The van der Waals surface area contributed by atoms with Crippen molar-refractivity contribution in [3.05, 3.63) is 0 Å². The van der Waals surface area contributed by atoms with Crippen molar-refractivity contribution in [2.75, 3.05) is 39.4 Å². The molecule has 1 rings (SSSR count). The fourth-order valence-corrected chi connectivity index (χ4v) is 1.34. The van der Waals surface area contributed by atoms with E-state index < -0.39 is 0 Å². The van der Waals surface area contributed by atoms with Gasteiger partial charge in [0.05, 0.1) is 13.2 Å². The third-order valence-electron chi connectivity index (χ3n) is 2.13. The smallest absolute Gasteiger partial charge is 0.224 e. The lowest BCUT2D eigenvalue weighted by molar-refractivity contribution is -0.135. The van der Waals surface area contributed by atoms with Gasteiger partial charge >= 0.3 is 0 Å². The molecule has 0 unspecified atom stereocenters. The minimum atomic E-state index is 0.240. The molecule has 0 radical (unpaired) electrons. The van der Waals surface area contributed by atoms with Crippen LogP contribution in [0.25, 0.3) is 0 Å². The molecule has 0 aromatic carbocycles. The van der Waals surface area contributed by atoms with E-state index in [1.165, 1.54) is 0 Å². The maximum Gasteiger partial charge on any atom is 0.224 e. The summed E-state index contributed by atoms with van der Waals surface area (Å²) < 4.78 is 5.17. The first-order valence-corrected chi connectivity index (χ1v) is 4.91. The predicted molar refractivity (Wildman–Crippen MR) is 50.6 cm³/mol. The standard InChI is InChI=1S/C9H18N2O2/c1-2-10-4-3-9(12)11-5-7-13-8-6-11/h10H,2-8H2,1H3. The number of morpholine rings is 1. The number of nitrogens with zero attached hydrogens (tertiary/aromatic N) is 1. The highest BCUT2D eigenvalue weighted by Gasteiger charge is 2.15. The quantitative estimate of drug-likeness (QED) is 0.621. The number of carbonyl (C=O) groups is 1. The van der Waals surface area contributed by atoms with E-state index in [0.717, 1.165) is 26.2 Å². The van der Waals surface area contributed by atoms with E-state index in [1.807, 2.05) is 11.8 Å². The molecule has 1 aliphatic heterocycles. The largest absolute Gasteiger partial charge is 0.378 e. The SMILES string of the molecule is CCNCCC(=O)N1CCOCC1. The van der Waals surface area contributed by atoms with Crippen molar-refractivity contribution in [2.45, 2.75) is 13.3 Å². The molecule has 13 heavy (non-hydrogen) atoms. The molecule has 1 fully saturated rings. The molecule has 0 aromatic heterocycles. The van der Waals surface area contributed by atoms with E-state index in [1.54, 1.807) is 0 Å². The maximum absolute atomic E-state index is 11.5. The summed E-state index contributed by atoms with van der Waals surface area (Å²) in [4.78, 5) is 13.4. The Morgan fingerprint density at radius 1 is 1.46 bits per heavy atom. The number of nitrogens with one attached hydrogen (secondary N) is 1. The Kier molecular flexibility index (Phi) is 4.78. The Hall–Kier alpha value is -0.610. The predicted octanol–water partition coefficient (Wildman–Crippen LogP) is -0.155. The van der Waals surface area contributed by atoms with Crippen molar-refractivity contribution in [2.24, 2.45) is 0 Å². The van der Waals surface area contributed by atoms with Gasteiger partial charge in [-0.3, -0.25) is 4.79 Å². The van der Waals surface area contributed by atoms with Crippen LogP contribution in [0.2, 0.25) is 0 Å². The van der Waals surface area contributed by atoms with Crippen molar-refractivity contribution in [3.8, 4) is 0 Å². The minimum absolute atomic E-state index is 0.240. The van der Waals surface area contributed by atoms with E-state index in [4.69, 9.17) is 4.74 Å². The first-order valence-electron chi connectivity index (χ1n) is 4.91. The molecule has 0 aromatic rings. The van der Waals surface area contributed by atoms with Crippen LogP contribution in [0.15, 0.2) is 0 Å². The van der Waals surface area contributed by atoms with Crippen molar-refractivity contribution in [1.82, 2.24) is 10.2 Å². The fourth-order valence-electron chi connectivity index (χ4n) is 1.34. The van der Waals surface area contributed by atoms with Crippen molar-refractivity contribution in [1.29, 1.82) is 0 Å². The summed E-state index contributed by atoms with van der Waals surface area (Å²) in [6.45, 7) is 6.64. The maximum atomic E-state index is 11.5. The molecule has 0 bridgehead atoms. The molecule has 4 heteroatoms. The van der Waals surface area contributed by atoms with E-state index >= 15 is 0 Å². The molecular formula is C9H18N2O2. The number of hydrogen-bond donors (Lipinski definition) is 1. The first-order chi connectivity index (χ1) is 6.34. The number of amides is 1. The molecule has 0 atom stereocenters. The molecule has 1 saturated heterocycles. The second-order valence-electron chi connectivity index (χ2n) is 3.10. The van der Waals surface area contributed by atoms with Crippen LogP contribution in [0, 0.1) is 0 Å². The summed E-state index contributed by atoms with van der Waals surface area (Å²) in [5, 5.41) is 3.14. The number of rotatable bonds is 4. The second kappa shape index (κ2) is 5.94.